The molecule has 6 heteroatoms. The molecule has 0 aromatic heterocycles. The van der Waals surface area contributed by atoms with E-state index in [2.05, 4.69) is 5.32 Å². The standard InChI is InChI=1S/C14H15FN2O2S/c1-14-7-6-12(18)17(14)11(8-20-14)13(19)16-10-4-2-9(15)3-5-10/h2-5,11H,6-8H2,1H3,(H,16,19)/t11-,14+/m0/s1. The van der Waals surface area contributed by atoms with Gasteiger partial charge in [-0.25, -0.2) is 4.39 Å². The number of rotatable bonds is 2. The number of anilines is 1. The Hall–Kier alpha value is -1.56. The number of nitrogens with zero attached hydrogens (tertiary/aromatic N) is 1. The number of hydrogen-bond donors (Lipinski definition) is 1. The maximum atomic E-state index is 12.8. The van der Waals surface area contributed by atoms with Gasteiger partial charge in [0.1, 0.15) is 11.9 Å². The zero-order valence-electron chi connectivity index (χ0n) is 11.1. The second-order valence-electron chi connectivity index (χ2n) is 5.26. The van der Waals surface area contributed by atoms with E-state index in [9.17, 15) is 14.0 Å². The molecule has 3 rings (SSSR count). The molecule has 2 fully saturated rings. The molecule has 2 amide bonds. The Bertz CT molecular complexity index is 563. The Morgan fingerprint density at radius 3 is 2.85 bits per heavy atom. The van der Waals surface area contributed by atoms with Gasteiger partial charge in [-0.1, -0.05) is 0 Å². The third kappa shape index (κ3) is 2.18. The monoisotopic (exact) mass is 294 g/mol. The van der Waals surface area contributed by atoms with Crippen molar-refractivity contribution in [2.75, 3.05) is 11.1 Å². The summed E-state index contributed by atoms with van der Waals surface area (Å²) < 4.78 is 12.8. The molecule has 0 spiro atoms. The molecule has 106 valence electrons. The van der Waals surface area contributed by atoms with Crippen LogP contribution in [0.15, 0.2) is 24.3 Å². The van der Waals surface area contributed by atoms with Gasteiger partial charge in [0.25, 0.3) is 0 Å². The fraction of sp³-hybridized carbons (Fsp3) is 0.429. The molecule has 2 atom stereocenters. The molecule has 1 aromatic rings. The number of fused-ring (bicyclic) bond motifs is 1. The highest BCUT2D eigenvalue weighted by atomic mass is 32.2. The van der Waals surface area contributed by atoms with Gasteiger partial charge in [-0.2, -0.15) is 0 Å². The van der Waals surface area contributed by atoms with Crippen molar-refractivity contribution in [3.63, 3.8) is 0 Å². The molecule has 0 aliphatic carbocycles. The first kappa shape index (κ1) is 13.4. The number of amides is 2. The van der Waals surface area contributed by atoms with Crippen LogP contribution < -0.4 is 5.32 Å². The number of halogens is 1. The van der Waals surface area contributed by atoms with Crippen LogP contribution in [0.2, 0.25) is 0 Å². The molecule has 1 aromatic carbocycles. The molecular formula is C14H15FN2O2S. The minimum absolute atomic E-state index is 0.0387. The smallest absolute Gasteiger partial charge is 0.248 e. The van der Waals surface area contributed by atoms with Crippen LogP contribution in [0, 0.1) is 5.82 Å². The van der Waals surface area contributed by atoms with Crippen LogP contribution >= 0.6 is 11.8 Å². The minimum atomic E-state index is -0.440. The summed E-state index contributed by atoms with van der Waals surface area (Å²) in [6.45, 7) is 2.01. The van der Waals surface area contributed by atoms with Gasteiger partial charge in [0, 0.05) is 17.9 Å². The normalized spacial score (nSPS) is 28.6. The van der Waals surface area contributed by atoms with Crippen molar-refractivity contribution in [3.8, 4) is 0 Å². The van der Waals surface area contributed by atoms with E-state index < -0.39 is 6.04 Å². The Kier molecular flexibility index (Phi) is 3.20. The first-order valence-corrected chi connectivity index (χ1v) is 7.51. The van der Waals surface area contributed by atoms with Crippen LogP contribution in [0.1, 0.15) is 19.8 Å². The lowest BCUT2D eigenvalue weighted by Gasteiger charge is -2.29. The van der Waals surface area contributed by atoms with Gasteiger partial charge >= 0.3 is 0 Å². The zero-order chi connectivity index (χ0) is 14.3. The van der Waals surface area contributed by atoms with Gasteiger partial charge in [0.2, 0.25) is 11.8 Å². The average Bonchev–Trinajstić information content (AvgIpc) is 2.90. The van der Waals surface area contributed by atoms with Gasteiger partial charge in [0.05, 0.1) is 4.87 Å². The Labute approximate surface area is 120 Å². The highest BCUT2D eigenvalue weighted by molar-refractivity contribution is 8.01. The van der Waals surface area contributed by atoms with Gasteiger partial charge in [0.15, 0.2) is 0 Å². The molecule has 1 N–H and O–H groups in total. The second-order valence-corrected chi connectivity index (χ2v) is 6.76. The number of hydrogen-bond acceptors (Lipinski definition) is 3. The quantitative estimate of drug-likeness (QED) is 0.910. The van der Waals surface area contributed by atoms with Crippen LogP contribution in [-0.2, 0) is 9.59 Å². The van der Waals surface area contributed by atoms with Crippen molar-refractivity contribution in [2.24, 2.45) is 0 Å². The summed E-state index contributed by atoms with van der Waals surface area (Å²) in [6.07, 6.45) is 1.29. The average molecular weight is 294 g/mol. The molecular weight excluding hydrogens is 279 g/mol. The lowest BCUT2D eigenvalue weighted by atomic mass is 10.2. The number of nitrogens with one attached hydrogen (secondary N) is 1. The van der Waals surface area contributed by atoms with E-state index in [1.54, 1.807) is 16.7 Å². The van der Waals surface area contributed by atoms with Gasteiger partial charge < -0.3 is 10.2 Å². The van der Waals surface area contributed by atoms with Crippen molar-refractivity contribution >= 4 is 29.3 Å². The van der Waals surface area contributed by atoms with Crippen molar-refractivity contribution in [3.05, 3.63) is 30.1 Å². The van der Waals surface area contributed by atoms with Crippen LogP contribution in [-0.4, -0.2) is 33.4 Å². The largest absolute Gasteiger partial charge is 0.324 e. The van der Waals surface area contributed by atoms with Crippen molar-refractivity contribution in [2.45, 2.75) is 30.7 Å². The molecule has 0 radical (unpaired) electrons. The van der Waals surface area contributed by atoms with E-state index in [0.29, 0.717) is 17.9 Å². The Balaban J connectivity index is 1.75. The predicted molar refractivity (Wildman–Crippen MR) is 75.8 cm³/mol. The molecule has 2 heterocycles. The summed E-state index contributed by atoms with van der Waals surface area (Å²) >= 11 is 1.65. The zero-order valence-corrected chi connectivity index (χ0v) is 11.9. The molecule has 2 aliphatic rings. The molecule has 2 saturated heterocycles. The van der Waals surface area contributed by atoms with Gasteiger partial charge in [-0.3, -0.25) is 9.59 Å². The number of carbonyl (C=O) groups excluding carboxylic acids is 2. The van der Waals surface area contributed by atoms with Gasteiger partial charge in [-0.15, -0.1) is 11.8 Å². The summed E-state index contributed by atoms with van der Waals surface area (Å²) in [5.74, 6) is 0.0940. The maximum absolute atomic E-state index is 12.8. The van der Waals surface area contributed by atoms with E-state index in [-0.39, 0.29) is 22.5 Å². The lowest BCUT2D eigenvalue weighted by molar-refractivity contribution is -0.135. The van der Waals surface area contributed by atoms with E-state index in [0.717, 1.165) is 6.42 Å². The van der Waals surface area contributed by atoms with Crippen molar-refractivity contribution in [1.82, 2.24) is 4.90 Å². The Morgan fingerprint density at radius 1 is 1.45 bits per heavy atom. The highest BCUT2D eigenvalue weighted by Gasteiger charge is 2.52. The van der Waals surface area contributed by atoms with Gasteiger partial charge in [-0.05, 0) is 37.6 Å². The van der Waals surface area contributed by atoms with E-state index in [1.165, 1.54) is 24.3 Å². The SMILES string of the molecule is C[C@@]12CCC(=O)N1[C@H](C(=O)Nc1ccc(F)cc1)CS2. The summed E-state index contributed by atoms with van der Waals surface area (Å²) in [5.41, 5.74) is 0.543. The van der Waals surface area contributed by atoms with Crippen molar-refractivity contribution in [1.29, 1.82) is 0 Å². The number of thioether (sulfide) groups is 1. The van der Waals surface area contributed by atoms with Crippen LogP contribution in [0.5, 0.6) is 0 Å². The highest BCUT2D eigenvalue weighted by Crippen LogP contribution is 2.47. The van der Waals surface area contributed by atoms with Crippen LogP contribution in [0.3, 0.4) is 0 Å². The maximum Gasteiger partial charge on any atom is 0.248 e. The summed E-state index contributed by atoms with van der Waals surface area (Å²) in [6, 6.07) is 5.18. The number of carbonyl (C=O) groups is 2. The van der Waals surface area contributed by atoms with E-state index in [1.807, 2.05) is 6.92 Å². The van der Waals surface area contributed by atoms with Crippen LogP contribution in [0.4, 0.5) is 10.1 Å². The molecule has 20 heavy (non-hydrogen) atoms. The molecule has 4 nitrogen and oxygen atoms in total. The molecule has 0 unspecified atom stereocenters. The van der Waals surface area contributed by atoms with Crippen LogP contribution in [0.25, 0.3) is 0 Å². The fourth-order valence-corrected chi connectivity index (χ4v) is 4.21. The molecule has 2 aliphatic heterocycles. The van der Waals surface area contributed by atoms with E-state index in [4.69, 9.17) is 0 Å². The second kappa shape index (κ2) is 4.77. The molecule has 0 bridgehead atoms. The van der Waals surface area contributed by atoms with Crippen molar-refractivity contribution < 1.29 is 14.0 Å². The first-order valence-electron chi connectivity index (χ1n) is 6.52. The molecule has 0 saturated carbocycles. The first-order chi connectivity index (χ1) is 9.49. The third-order valence-corrected chi connectivity index (χ3v) is 5.36. The fourth-order valence-electron chi connectivity index (χ4n) is 2.77. The summed E-state index contributed by atoms with van der Waals surface area (Å²) in [7, 11) is 0. The summed E-state index contributed by atoms with van der Waals surface area (Å²) in [5, 5.41) is 2.75. The minimum Gasteiger partial charge on any atom is -0.324 e. The third-order valence-electron chi connectivity index (χ3n) is 3.86. The summed E-state index contributed by atoms with van der Waals surface area (Å²) in [4.78, 5) is 25.7. The topological polar surface area (TPSA) is 49.4 Å². The predicted octanol–water partition coefficient (Wildman–Crippen LogP) is 2.22. The number of benzene rings is 1. The lowest BCUT2D eigenvalue weighted by Crippen LogP contribution is -2.48. The Morgan fingerprint density at radius 2 is 2.15 bits per heavy atom. The van der Waals surface area contributed by atoms with E-state index >= 15 is 0 Å².